The van der Waals surface area contributed by atoms with Gasteiger partial charge in [-0.1, -0.05) is 29.8 Å². The highest BCUT2D eigenvalue weighted by Crippen LogP contribution is 2.47. The number of aromatic nitrogens is 2. The zero-order valence-electron chi connectivity index (χ0n) is 21.2. The lowest BCUT2D eigenvalue weighted by atomic mass is 9.81. The molecule has 2 amide bonds. The molecule has 5 rings (SSSR count). The molecule has 1 unspecified atom stereocenters. The van der Waals surface area contributed by atoms with Crippen LogP contribution in [0.5, 0.6) is 5.75 Å². The van der Waals surface area contributed by atoms with Gasteiger partial charge in [-0.2, -0.15) is 13.2 Å². The minimum atomic E-state index is -5.37. The zero-order valence-corrected chi connectivity index (χ0v) is 22.0. The Morgan fingerprint density at radius 3 is 2.46 bits per heavy atom. The molecule has 0 saturated carbocycles. The second kappa shape index (κ2) is 9.96. The Bertz CT molecular complexity index is 1700. The maximum atomic E-state index is 14.6. The smallest absolute Gasteiger partial charge is 0.424 e. The van der Waals surface area contributed by atoms with Crippen molar-refractivity contribution in [1.29, 1.82) is 0 Å². The summed E-state index contributed by atoms with van der Waals surface area (Å²) in [5.41, 5.74) is -0.758. The summed E-state index contributed by atoms with van der Waals surface area (Å²) in [7, 11) is 0. The molecule has 2 aromatic heterocycles. The predicted molar refractivity (Wildman–Crippen MR) is 141 cm³/mol. The summed E-state index contributed by atoms with van der Waals surface area (Å²) in [6, 6.07) is 13.6. The molecule has 4 N–H and O–H groups in total. The third-order valence-electron chi connectivity index (χ3n) is 7.02. The number of halogens is 5. The summed E-state index contributed by atoms with van der Waals surface area (Å²) in [6.07, 6.45) is -5.37. The number of benzene rings is 2. The molecular weight excluding hydrogens is 568 g/mol. The highest BCUT2D eigenvalue weighted by Gasteiger charge is 2.57. The first-order valence-electron chi connectivity index (χ1n) is 12.1. The van der Waals surface area contributed by atoms with Crippen LogP contribution >= 0.6 is 11.6 Å². The maximum absolute atomic E-state index is 14.6. The number of primary amides is 1. The van der Waals surface area contributed by atoms with E-state index in [1.54, 1.807) is 24.3 Å². The van der Waals surface area contributed by atoms with Gasteiger partial charge in [0.2, 0.25) is 11.5 Å². The number of rotatable bonds is 6. The number of hydrogen-bond acceptors (Lipinski definition) is 6. The zero-order chi connectivity index (χ0) is 29.7. The predicted octanol–water partition coefficient (Wildman–Crippen LogP) is 4.40. The lowest BCUT2D eigenvalue weighted by Crippen LogP contribution is -2.52. The first-order valence-corrected chi connectivity index (χ1v) is 12.5. The minimum Gasteiger partial charge on any atom is -0.489 e. The number of nitrogens with zero attached hydrogens (tertiary/aromatic N) is 2. The van der Waals surface area contributed by atoms with Crippen LogP contribution in [0.3, 0.4) is 0 Å². The van der Waals surface area contributed by atoms with Gasteiger partial charge in [-0.3, -0.25) is 9.59 Å². The molecule has 1 aliphatic rings. The molecule has 8 nitrogen and oxygen atoms in total. The third kappa shape index (κ3) is 4.82. The van der Waals surface area contributed by atoms with E-state index in [1.807, 2.05) is 0 Å². The third-order valence-corrected chi connectivity index (χ3v) is 7.31. The number of nitrogens with one attached hydrogen (secondary N) is 1. The second-order valence-electron chi connectivity index (χ2n) is 9.78. The van der Waals surface area contributed by atoms with Crippen molar-refractivity contribution in [1.82, 2.24) is 15.3 Å². The molecule has 3 heterocycles. The summed E-state index contributed by atoms with van der Waals surface area (Å²) in [6.45, 7) is -0.311. The number of para-hydroxylation sites is 1. The van der Waals surface area contributed by atoms with Gasteiger partial charge in [0.25, 0.3) is 5.91 Å². The molecule has 4 aromatic rings. The number of aliphatic hydroxyl groups is 1. The number of ether oxygens (including phenoxy) is 1. The van der Waals surface area contributed by atoms with E-state index >= 15 is 0 Å². The monoisotopic (exact) mass is 588 g/mol. The Kier molecular flexibility index (Phi) is 6.86. The van der Waals surface area contributed by atoms with Crippen molar-refractivity contribution in [2.45, 2.75) is 24.1 Å². The molecule has 0 bridgehead atoms. The van der Waals surface area contributed by atoms with Crippen molar-refractivity contribution < 1.29 is 37.0 Å². The normalized spacial score (nSPS) is 17.9. The van der Waals surface area contributed by atoms with Crippen molar-refractivity contribution in [3.8, 4) is 17.0 Å². The van der Waals surface area contributed by atoms with E-state index in [0.717, 1.165) is 18.2 Å². The van der Waals surface area contributed by atoms with Gasteiger partial charge in [-0.25, -0.2) is 14.4 Å². The van der Waals surface area contributed by atoms with Crippen LogP contribution in [0.2, 0.25) is 5.02 Å². The topological polar surface area (TPSA) is 127 Å². The molecule has 0 radical (unpaired) electrons. The number of pyridine rings is 2. The van der Waals surface area contributed by atoms with Crippen LogP contribution in [0.1, 0.15) is 28.7 Å². The average Bonchev–Trinajstić information content (AvgIpc) is 3.28. The second-order valence-corrected chi connectivity index (χ2v) is 10.2. The molecule has 212 valence electrons. The number of amides is 2. The van der Waals surface area contributed by atoms with Crippen molar-refractivity contribution >= 4 is 34.3 Å². The fraction of sp³-hybridized carbons (Fsp3) is 0.214. The largest absolute Gasteiger partial charge is 0.489 e. The molecular formula is C28H21ClF4N4O4. The molecule has 13 heteroatoms. The van der Waals surface area contributed by atoms with Crippen molar-refractivity contribution in [2.75, 3.05) is 13.2 Å². The first kappa shape index (κ1) is 28.2. The minimum absolute atomic E-state index is 0.0395. The van der Waals surface area contributed by atoms with Crippen LogP contribution in [0.4, 0.5) is 17.6 Å². The van der Waals surface area contributed by atoms with Crippen molar-refractivity contribution in [3.05, 3.63) is 88.5 Å². The number of fused-ring (bicyclic) bond motifs is 2. The highest BCUT2D eigenvalue weighted by molar-refractivity contribution is 6.34. The molecule has 2 atom stereocenters. The first-order chi connectivity index (χ1) is 19.2. The van der Waals surface area contributed by atoms with Crippen molar-refractivity contribution in [3.63, 3.8) is 0 Å². The lowest BCUT2D eigenvalue weighted by molar-refractivity contribution is -0.265. The number of hydrogen-bond donors (Lipinski definition) is 3. The van der Waals surface area contributed by atoms with Crippen LogP contribution < -0.4 is 15.8 Å². The summed E-state index contributed by atoms with van der Waals surface area (Å²) < 4.78 is 62.9. The van der Waals surface area contributed by atoms with Gasteiger partial charge >= 0.3 is 6.18 Å². The summed E-state index contributed by atoms with van der Waals surface area (Å²) in [4.78, 5) is 33.5. The van der Waals surface area contributed by atoms with Crippen LogP contribution in [0.25, 0.3) is 22.2 Å². The molecule has 1 aliphatic heterocycles. The van der Waals surface area contributed by atoms with Crippen LogP contribution in [0.15, 0.2) is 60.7 Å². The Labute approximate surface area is 235 Å². The fourth-order valence-corrected chi connectivity index (χ4v) is 4.73. The number of alkyl halides is 3. The molecule has 0 saturated heterocycles. The van der Waals surface area contributed by atoms with Gasteiger partial charge in [-0.05, 0) is 49.4 Å². The SMILES string of the molecule is C[C@]1(C(N)=O)COc2c1cc(C(O)(CNC(=O)c1nc3ccccc3cc1Cl)C(F)(F)F)nc2-c1ccc(F)cc1. The Balaban J connectivity index is 1.60. The van der Waals surface area contributed by atoms with Gasteiger partial charge in [0, 0.05) is 16.5 Å². The molecule has 0 fully saturated rings. The van der Waals surface area contributed by atoms with E-state index < -0.39 is 47.1 Å². The van der Waals surface area contributed by atoms with E-state index in [2.05, 4.69) is 15.3 Å². The Morgan fingerprint density at radius 1 is 1.12 bits per heavy atom. The van der Waals surface area contributed by atoms with Crippen LogP contribution in [-0.4, -0.2) is 46.2 Å². The molecule has 41 heavy (non-hydrogen) atoms. The van der Waals surface area contributed by atoms with E-state index in [4.69, 9.17) is 22.1 Å². The van der Waals surface area contributed by atoms with Gasteiger partial charge in [-0.15, -0.1) is 0 Å². The summed E-state index contributed by atoms with van der Waals surface area (Å²) in [5.74, 6) is -2.62. The molecule has 0 aliphatic carbocycles. The van der Waals surface area contributed by atoms with E-state index in [-0.39, 0.29) is 39.9 Å². The standard InChI is InChI=1S/C28H21ClF4N4O4/c1-26(25(34)39)13-41-23-17(26)11-20(37-21(23)14-6-8-16(30)9-7-14)27(40,28(31,32)33)12-35-24(38)22-18(29)10-15-4-2-3-5-19(15)36-22/h2-11,40H,12-13H2,1H3,(H2,34,39)(H,35,38)/t26-,27?/m0/s1. The lowest BCUT2D eigenvalue weighted by Gasteiger charge is -2.31. The van der Waals surface area contributed by atoms with E-state index in [1.165, 1.54) is 25.1 Å². The Morgan fingerprint density at radius 2 is 1.80 bits per heavy atom. The van der Waals surface area contributed by atoms with Gasteiger partial charge in [0.15, 0.2) is 0 Å². The van der Waals surface area contributed by atoms with Crippen LogP contribution in [-0.2, 0) is 15.8 Å². The van der Waals surface area contributed by atoms with Gasteiger partial charge in [0.05, 0.1) is 22.8 Å². The van der Waals surface area contributed by atoms with E-state index in [9.17, 15) is 32.3 Å². The summed E-state index contributed by atoms with van der Waals surface area (Å²) in [5, 5.41) is 13.7. The average molecular weight is 589 g/mol. The summed E-state index contributed by atoms with van der Waals surface area (Å²) >= 11 is 6.17. The van der Waals surface area contributed by atoms with Crippen LogP contribution in [0, 0.1) is 5.82 Å². The molecule has 2 aromatic carbocycles. The van der Waals surface area contributed by atoms with E-state index in [0.29, 0.717) is 10.9 Å². The number of carbonyl (C=O) groups excluding carboxylic acids is 2. The Hall–Kier alpha value is -4.29. The quantitative estimate of drug-likeness (QED) is 0.287. The van der Waals surface area contributed by atoms with Gasteiger partial charge in [0.1, 0.15) is 35.0 Å². The van der Waals surface area contributed by atoms with Crippen molar-refractivity contribution in [2.24, 2.45) is 5.73 Å². The molecule has 0 spiro atoms. The number of nitrogens with two attached hydrogens (primary N) is 1. The highest BCUT2D eigenvalue weighted by atomic mass is 35.5. The fourth-order valence-electron chi connectivity index (χ4n) is 4.48. The van der Waals surface area contributed by atoms with Gasteiger partial charge < -0.3 is 20.9 Å². The number of carbonyl (C=O) groups is 2. The maximum Gasteiger partial charge on any atom is 0.424 e.